The molecule has 166 valence electrons. The summed E-state index contributed by atoms with van der Waals surface area (Å²) in [6.45, 7) is 2.27. The molecule has 3 rings (SSSR count). The summed E-state index contributed by atoms with van der Waals surface area (Å²) < 4.78 is 37.8. The van der Waals surface area contributed by atoms with Crippen molar-refractivity contribution in [1.82, 2.24) is 9.21 Å². The highest BCUT2D eigenvalue weighted by atomic mass is 32.2. The molecule has 1 aliphatic heterocycles. The van der Waals surface area contributed by atoms with Crippen molar-refractivity contribution in [2.45, 2.75) is 4.90 Å². The lowest BCUT2D eigenvalue weighted by Crippen LogP contribution is -2.47. The standard InChI is InChI=1S/C22H27N3O5S/c1-24-11-13-25(14-12-24)31(27,28)20-6-4-5-18(16-20)23-22(26)10-7-17-15-19(29-2)8-9-21(17)30-3/h4-10,15-16H,11-14H2,1-3H3,(H,23,26)/b10-7+. The number of methoxy groups -OCH3 is 2. The van der Waals surface area contributed by atoms with Gasteiger partial charge in [0.05, 0.1) is 19.1 Å². The Labute approximate surface area is 183 Å². The number of hydrogen-bond donors (Lipinski definition) is 1. The first-order valence-corrected chi connectivity index (χ1v) is 11.3. The van der Waals surface area contributed by atoms with E-state index in [1.807, 2.05) is 7.05 Å². The van der Waals surface area contributed by atoms with E-state index in [9.17, 15) is 13.2 Å². The first kappa shape index (κ1) is 22.8. The quantitative estimate of drug-likeness (QED) is 0.658. The highest BCUT2D eigenvalue weighted by Crippen LogP contribution is 2.25. The second-order valence-electron chi connectivity index (χ2n) is 7.17. The average Bonchev–Trinajstić information content (AvgIpc) is 2.78. The number of benzene rings is 2. The molecule has 0 aliphatic carbocycles. The Morgan fingerprint density at radius 1 is 1.03 bits per heavy atom. The zero-order valence-corrected chi connectivity index (χ0v) is 18.7. The van der Waals surface area contributed by atoms with Crippen LogP contribution < -0.4 is 14.8 Å². The van der Waals surface area contributed by atoms with Gasteiger partial charge in [-0.25, -0.2) is 8.42 Å². The first-order chi connectivity index (χ1) is 14.8. The Balaban J connectivity index is 1.72. The molecule has 1 fully saturated rings. The summed E-state index contributed by atoms with van der Waals surface area (Å²) in [6, 6.07) is 11.6. The molecule has 1 amide bonds. The second-order valence-corrected chi connectivity index (χ2v) is 9.10. The predicted octanol–water partition coefficient (Wildman–Crippen LogP) is 2.29. The minimum Gasteiger partial charge on any atom is -0.497 e. The van der Waals surface area contributed by atoms with Gasteiger partial charge in [0.25, 0.3) is 0 Å². The van der Waals surface area contributed by atoms with Crippen LogP contribution in [0.15, 0.2) is 53.4 Å². The number of rotatable bonds is 7. The molecule has 8 nitrogen and oxygen atoms in total. The molecule has 2 aromatic carbocycles. The molecular formula is C22H27N3O5S. The van der Waals surface area contributed by atoms with Gasteiger partial charge >= 0.3 is 0 Å². The van der Waals surface area contributed by atoms with E-state index in [0.717, 1.165) is 0 Å². The molecule has 0 atom stereocenters. The summed E-state index contributed by atoms with van der Waals surface area (Å²) in [7, 11) is 1.47. The van der Waals surface area contributed by atoms with Gasteiger partial charge in [0.1, 0.15) is 11.5 Å². The molecule has 31 heavy (non-hydrogen) atoms. The van der Waals surface area contributed by atoms with E-state index < -0.39 is 10.0 Å². The number of nitrogens with zero attached hydrogens (tertiary/aromatic N) is 2. The van der Waals surface area contributed by atoms with E-state index in [0.29, 0.717) is 48.9 Å². The Morgan fingerprint density at radius 3 is 2.45 bits per heavy atom. The van der Waals surface area contributed by atoms with Crippen molar-refractivity contribution < 1.29 is 22.7 Å². The Bertz CT molecular complexity index is 1060. The van der Waals surface area contributed by atoms with Crippen LogP contribution in [0.2, 0.25) is 0 Å². The number of piperazine rings is 1. The number of hydrogen-bond acceptors (Lipinski definition) is 6. The zero-order valence-electron chi connectivity index (χ0n) is 17.9. The van der Waals surface area contributed by atoms with E-state index in [-0.39, 0.29) is 10.8 Å². The van der Waals surface area contributed by atoms with E-state index in [1.165, 1.54) is 16.4 Å². The fourth-order valence-corrected chi connectivity index (χ4v) is 4.70. The van der Waals surface area contributed by atoms with E-state index in [2.05, 4.69) is 10.2 Å². The molecule has 0 bridgehead atoms. The van der Waals surface area contributed by atoms with Crippen LogP contribution in [-0.2, 0) is 14.8 Å². The third kappa shape index (κ3) is 5.63. The highest BCUT2D eigenvalue weighted by Gasteiger charge is 2.27. The fourth-order valence-electron chi connectivity index (χ4n) is 3.23. The summed E-state index contributed by atoms with van der Waals surface area (Å²) >= 11 is 0. The first-order valence-electron chi connectivity index (χ1n) is 9.83. The summed E-state index contributed by atoms with van der Waals surface area (Å²) in [5, 5.41) is 2.71. The third-order valence-corrected chi connectivity index (χ3v) is 6.95. The number of anilines is 1. The molecule has 1 N–H and O–H groups in total. The maximum Gasteiger partial charge on any atom is 0.248 e. The number of likely N-dealkylation sites (N-methyl/N-ethyl adjacent to an activating group) is 1. The predicted molar refractivity (Wildman–Crippen MR) is 120 cm³/mol. The van der Waals surface area contributed by atoms with E-state index >= 15 is 0 Å². The second kappa shape index (κ2) is 9.95. The molecule has 1 saturated heterocycles. The van der Waals surface area contributed by atoms with Gasteiger partial charge in [-0.1, -0.05) is 6.07 Å². The highest BCUT2D eigenvalue weighted by molar-refractivity contribution is 7.89. The van der Waals surface area contributed by atoms with Crippen LogP contribution in [0.3, 0.4) is 0 Å². The molecule has 1 heterocycles. The molecular weight excluding hydrogens is 418 g/mol. The maximum atomic E-state index is 12.9. The monoisotopic (exact) mass is 445 g/mol. The van der Waals surface area contributed by atoms with Crippen molar-refractivity contribution >= 4 is 27.7 Å². The SMILES string of the molecule is COc1ccc(OC)c(/C=C/C(=O)Nc2cccc(S(=O)(=O)N3CCN(C)CC3)c2)c1. The van der Waals surface area contributed by atoms with Gasteiger partial charge in [0.2, 0.25) is 15.9 Å². The Kier molecular flexibility index (Phi) is 7.32. The van der Waals surface area contributed by atoms with Gasteiger partial charge < -0.3 is 19.7 Å². The molecule has 2 aromatic rings. The number of carbonyl (C=O) groups excluding carboxylic acids is 1. The lowest BCUT2D eigenvalue weighted by atomic mass is 10.1. The van der Waals surface area contributed by atoms with Crippen molar-refractivity contribution in [3.63, 3.8) is 0 Å². The van der Waals surface area contributed by atoms with Gasteiger partial charge in [-0.05, 0) is 49.5 Å². The van der Waals surface area contributed by atoms with Gasteiger partial charge in [-0.15, -0.1) is 0 Å². The lowest BCUT2D eigenvalue weighted by Gasteiger charge is -2.31. The van der Waals surface area contributed by atoms with Crippen molar-refractivity contribution in [3.05, 3.63) is 54.1 Å². The van der Waals surface area contributed by atoms with Crippen LogP contribution in [0, 0.1) is 0 Å². The van der Waals surface area contributed by atoms with Crippen molar-refractivity contribution in [2.24, 2.45) is 0 Å². The molecule has 0 spiro atoms. The zero-order chi connectivity index (χ0) is 22.4. The number of carbonyl (C=O) groups is 1. The molecule has 9 heteroatoms. The average molecular weight is 446 g/mol. The summed E-state index contributed by atoms with van der Waals surface area (Å²) in [5.74, 6) is 0.854. The molecule has 0 unspecified atom stereocenters. The Hall–Kier alpha value is -2.88. The van der Waals surface area contributed by atoms with Gasteiger partial charge in [-0.3, -0.25) is 4.79 Å². The molecule has 0 radical (unpaired) electrons. The molecule has 0 saturated carbocycles. The topological polar surface area (TPSA) is 88.2 Å². The van der Waals surface area contributed by atoms with E-state index in [1.54, 1.807) is 56.7 Å². The van der Waals surface area contributed by atoms with Crippen LogP contribution >= 0.6 is 0 Å². The number of sulfonamides is 1. The van der Waals surface area contributed by atoms with Crippen molar-refractivity contribution in [1.29, 1.82) is 0 Å². The Morgan fingerprint density at radius 2 is 1.77 bits per heavy atom. The van der Waals surface area contributed by atoms with E-state index in [4.69, 9.17) is 9.47 Å². The number of ether oxygens (including phenoxy) is 2. The van der Waals surface area contributed by atoms with Gasteiger partial charge in [-0.2, -0.15) is 4.31 Å². The summed E-state index contributed by atoms with van der Waals surface area (Å²) in [4.78, 5) is 14.7. The summed E-state index contributed by atoms with van der Waals surface area (Å²) in [6.07, 6.45) is 2.97. The summed E-state index contributed by atoms with van der Waals surface area (Å²) in [5.41, 5.74) is 1.09. The van der Waals surface area contributed by atoms with Crippen LogP contribution in [0.5, 0.6) is 11.5 Å². The lowest BCUT2D eigenvalue weighted by molar-refractivity contribution is -0.111. The fraction of sp³-hybridized carbons (Fsp3) is 0.318. The van der Waals surface area contributed by atoms with Crippen molar-refractivity contribution in [3.8, 4) is 11.5 Å². The number of nitrogens with one attached hydrogen (secondary N) is 1. The number of amides is 1. The van der Waals surface area contributed by atoms with Crippen LogP contribution in [-0.4, -0.2) is 71.0 Å². The maximum absolute atomic E-state index is 12.9. The third-order valence-electron chi connectivity index (χ3n) is 5.05. The van der Waals surface area contributed by atoms with Crippen LogP contribution in [0.25, 0.3) is 6.08 Å². The van der Waals surface area contributed by atoms with Crippen LogP contribution in [0.1, 0.15) is 5.56 Å². The molecule has 0 aromatic heterocycles. The minimum atomic E-state index is -3.61. The van der Waals surface area contributed by atoms with Gasteiger partial charge in [0, 0.05) is 43.5 Å². The van der Waals surface area contributed by atoms with Crippen LogP contribution in [0.4, 0.5) is 5.69 Å². The smallest absolute Gasteiger partial charge is 0.248 e. The minimum absolute atomic E-state index is 0.160. The van der Waals surface area contributed by atoms with Crippen molar-refractivity contribution in [2.75, 3.05) is 52.8 Å². The van der Waals surface area contributed by atoms with Gasteiger partial charge in [0.15, 0.2) is 0 Å². The normalized spacial score (nSPS) is 15.7. The largest absolute Gasteiger partial charge is 0.497 e. The molecule has 1 aliphatic rings.